The molecule has 2 atom stereocenters. The number of aromatic nitrogens is 2. The molecule has 2 heterocycles. The van der Waals surface area contributed by atoms with E-state index in [0.29, 0.717) is 19.0 Å². The van der Waals surface area contributed by atoms with Crippen LogP contribution in [0.5, 0.6) is 5.88 Å². The summed E-state index contributed by atoms with van der Waals surface area (Å²) in [5.41, 5.74) is 1.52. The summed E-state index contributed by atoms with van der Waals surface area (Å²) >= 11 is 0. The van der Waals surface area contributed by atoms with E-state index in [9.17, 15) is 4.79 Å². The zero-order valence-corrected chi connectivity index (χ0v) is 17.1. The normalized spacial score (nSPS) is 18.0. The quantitative estimate of drug-likeness (QED) is 0.682. The number of para-hydroxylation sites is 1. The van der Waals surface area contributed by atoms with Crippen molar-refractivity contribution in [2.75, 3.05) is 13.1 Å². The summed E-state index contributed by atoms with van der Waals surface area (Å²) in [5.74, 6) is 0.741. The average Bonchev–Trinajstić information content (AvgIpc) is 3.33. The molecular formula is C23H27N3O3. The van der Waals surface area contributed by atoms with Crippen molar-refractivity contribution in [3.63, 3.8) is 0 Å². The molecule has 2 unspecified atom stereocenters. The number of carbonyl (C=O) groups excluding carboxylic acids is 1. The minimum Gasteiger partial charge on any atom is -0.468 e. The second kappa shape index (κ2) is 7.78. The zero-order valence-electron chi connectivity index (χ0n) is 17.1. The van der Waals surface area contributed by atoms with Crippen LogP contribution >= 0.6 is 0 Å². The first-order valence-electron chi connectivity index (χ1n) is 10.0. The number of nitrogens with one attached hydrogen (secondary N) is 1. The molecule has 6 nitrogen and oxygen atoms in total. The highest BCUT2D eigenvalue weighted by Gasteiger charge is 2.36. The Balaban J connectivity index is 1.57. The molecule has 0 saturated carbocycles. The van der Waals surface area contributed by atoms with Crippen molar-refractivity contribution in [1.29, 1.82) is 0 Å². The number of fused-ring (bicyclic) bond motifs is 1. The van der Waals surface area contributed by atoms with Gasteiger partial charge in [-0.05, 0) is 44.9 Å². The highest BCUT2D eigenvalue weighted by Crippen LogP contribution is 2.36. The van der Waals surface area contributed by atoms with E-state index in [2.05, 4.69) is 22.3 Å². The van der Waals surface area contributed by atoms with E-state index >= 15 is 0 Å². The molecule has 6 heteroatoms. The van der Waals surface area contributed by atoms with Crippen molar-refractivity contribution < 1.29 is 14.3 Å². The summed E-state index contributed by atoms with van der Waals surface area (Å²) in [6, 6.07) is 18.1. The van der Waals surface area contributed by atoms with Gasteiger partial charge < -0.3 is 14.4 Å². The van der Waals surface area contributed by atoms with E-state index in [1.165, 1.54) is 0 Å². The van der Waals surface area contributed by atoms with Gasteiger partial charge in [0.05, 0.1) is 10.9 Å². The summed E-state index contributed by atoms with van der Waals surface area (Å²) < 4.78 is 12.0. The summed E-state index contributed by atoms with van der Waals surface area (Å²) in [6.07, 6.45) is 0.383. The molecule has 0 aliphatic carbocycles. The lowest BCUT2D eigenvalue weighted by molar-refractivity contribution is 0.0273. The lowest BCUT2D eigenvalue weighted by atomic mass is 9.95. The average molecular weight is 393 g/mol. The van der Waals surface area contributed by atoms with E-state index < -0.39 is 5.60 Å². The number of ether oxygens (including phenoxy) is 2. The first-order valence-corrected chi connectivity index (χ1v) is 10.0. The van der Waals surface area contributed by atoms with Gasteiger partial charge in [0.1, 0.15) is 11.7 Å². The van der Waals surface area contributed by atoms with E-state index in [1.54, 1.807) is 4.90 Å². The highest BCUT2D eigenvalue weighted by atomic mass is 16.6. The number of rotatable bonds is 4. The molecule has 4 rings (SSSR count). The second-order valence-electron chi connectivity index (χ2n) is 8.50. The monoisotopic (exact) mass is 393 g/mol. The fraction of sp³-hybridized carbons (Fsp3) is 0.391. The molecule has 1 saturated heterocycles. The van der Waals surface area contributed by atoms with Gasteiger partial charge in [-0.1, -0.05) is 42.5 Å². The van der Waals surface area contributed by atoms with Crippen LogP contribution in [0.3, 0.4) is 0 Å². The lowest BCUT2D eigenvalue weighted by Gasteiger charge is -2.26. The maximum Gasteiger partial charge on any atom is 0.410 e. The van der Waals surface area contributed by atoms with Crippen LogP contribution in [0.1, 0.15) is 38.9 Å². The topological polar surface area (TPSA) is 67.4 Å². The molecule has 1 fully saturated rings. The van der Waals surface area contributed by atoms with Crippen LogP contribution in [0.4, 0.5) is 4.79 Å². The standard InChI is InChI=1S/C23H27N3O3/c1-23(2,3)29-22(27)26-14-13-17(15-26)20(16-9-5-4-6-10-16)28-21-18-11-7-8-12-19(18)24-25-21/h4-12,17,20H,13-15H2,1-3H3,(H,24,25). The Labute approximate surface area is 170 Å². The van der Waals surface area contributed by atoms with Crippen LogP contribution in [-0.4, -0.2) is 39.9 Å². The van der Waals surface area contributed by atoms with Crippen molar-refractivity contribution in [2.45, 2.75) is 38.9 Å². The third-order valence-electron chi connectivity index (χ3n) is 5.11. The summed E-state index contributed by atoms with van der Waals surface area (Å²) in [7, 11) is 0. The Hall–Kier alpha value is -3.02. The van der Waals surface area contributed by atoms with Gasteiger partial charge in [0.15, 0.2) is 0 Å². The van der Waals surface area contributed by atoms with E-state index in [-0.39, 0.29) is 18.1 Å². The molecule has 2 aromatic carbocycles. The molecule has 29 heavy (non-hydrogen) atoms. The predicted octanol–water partition coefficient (Wildman–Crippen LogP) is 4.94. The van der Waals surface area contributed by atoms with Gasteiger partial charge in [-0.2, -0.15) is 0 Å². The number of nitrogens with zero attached hydrogens (tertiary/aromatic N) is 2. The van der Waals surface area contributed by atoms with Gasteiger partial charge in [0, 0.05) is 19.0 Å². The van der Waals surface area contributed by atoms with E-state index in [1.807, 2.05) is 63.2 Å². The van der Waals surface area contributed by atoms with Crippen molar-refractivity contribution in [2.24, 2.45) is 5.92 Å². The molecule has 0 radical (unpaired) electrons. The molecule has 152 valence electrons. The van der Waals surface area contributed by atoms with Gasteiger partial charge in [-0.25, -0.2) is 4.79 Å². The molecule has 0 spiro atoms. The van der Waals surface area contributed by atoms with E-state index in [4.69, 9.17) is 9.47 Å². The second-order valence-corrected chi connectivity index (χ2v) is 8.50. The van der Waals surface area contributed by atoms with Crippen molar-refractivity contribution in [3.05, 3.63) is 60.2 Å². The number of hydrogen-bond acceptors (Lipinski definition) is 4. The number of carbonyl (C=O) groups is 1. The first kappa shape index (κ1) is 19.3. The summed E-state index contributed by atoms with van der Waals surface area (Å²) in [6.45, 7) is 6.91. The summed E-state index contributed by atoms with van der Waals surface area (Å²) in [5, 5.41) is 8.37. The number of likely N-dealkylation sites (tertiary alicyclic amines) is 1. The predicted molar refractivity (Wildman–Crippen MR) is 112 cm³/mol. The third kappa shape index (κ3) is 4.36. The molecule has 1 N–H and O–H groups in total. The lowest BCUT2D eigenvalue weighted by Crippen LogP contribution is -2.36. The van der Waals surface area contributed by atoms with Crippen LogP contribution in [0, 0.1) is 5.92 Å². The van der Waals surface area contributed by atoms with E-state index in [0.717, 1.165) is 22.9 Å². The van der Waals surface area contributed by atoms with Gasteiger partial charge >= 0.3 is 6.09 Å². The SMILES string of the molecule is CC(C)(C)OC(=O)N1CCC(C(Oc2n[nH]c3ccccc23)c2ccccc2)C1. The Kier molecular flexibility index (Phi) is 5.18. The molecule has 1 aromatic heterocycles. The fourth-order valence-electron chi connectivity index (χ4n) is 3.75. The van der Waals surface area contributed by atoms with Crippen molar-refractivity contribution in [1.82, 2.24) is 15.1 Å². The Morgan fingerprint density at radius 3 is 2.62 bits per heavy atom. The Morgan fingerprint density at radius 2 is 1.86 bits per heavy atom. The highest BCUT2D eigenvalue weighted by molar-refractivity contribution is 5.83. The molecule has 3 aromatic rings. The van der Waals surface area contributed by atoms with Crippen LogP contribution < -0.4 is 4.74 Å². The first-order chi connectivity index (χ1) is 13.9. The number of hydrogen-bond donors (Lipinski definition) is 1. The fourth-order valence-corrected chi connectivity index (χ4v) is 3.75. The van der Waals surface area contributed by atoms with Gasteiger partial charge in [-0.15, -0.1) is 5.10 Å². The molecule has 1 aliphatic rings. The zero-order chi connectivity index (χ0) is 20.4. The maximum absolute atomic E-state index is 12.5. The minimum absolute atomic E-state index is 0.153. The van der Waals surface area contributed by atoms with Crippen molar-refractivity contribution >= 4 is 17.0 Å². The molecular weight excluding hydrogens is 366 g/mol. The smallest absolute Gasteiger partial charge is 0.410 e. The van der Waals surface area contributed by atoms with Crippen molar-refractivity contribution in [3.8, 4) is 5.88 Å². The van der Waals surface area contributed by atoms with Crippen LogP contribution in [0.15, 0.2) is 54.6 Å². The molecule has 0 bridgehead atoms. The number of H-pyrrole nitrogens is 1. The van der Waals surface area contributed by atoms with Crippen LogP contribution in [0.25, 0.3) is 10.9 Å². The maximum atomic E-state index is 12.5. The minimum atomic E-state index is -0.502. The van der Waals surface area contributed by atoms with Crippen LogP contribution in [0.2, 0.25) is 0 Å². The largest absolute Gasteiger partial charge is 0.468 e. The Morgan fingerprint density at radius 1 is 1.14 bits per heavy atom. The van der Waals surface area contributed by atoms with Gasteiger partial charge in [0.2, 0.25) is 5.88 Å². The van der Waals surface area contributed by atoms with Crippen LogP contribution in [-0.2, 0) is 4.74 Å². The Bertz CT molecular complexity index is 978. The third-order valence-corrected chi connectivity index (χ3v) is 5.11. The number of benzene rings is 2. The molecule has 1 amide bonds. The van der Waals surface area contributed by atoms with Gasteiger partial charge in [0.25, 0.3) is 0 Å². The molecule has 1 aliphatic heterocycles. The summed E-state index contributed by atoms with van der Waals surface area (Å²) in [4.78, 5) is 14.3. The van der Waals surface area contributed by atoms with Gasteiger partial charge in [-0.3, -0.25) is 5.10 Å². The number of amides is 1. The number of aromatic amines is 1.